The van der Waals surface area contributed by atoms with Crippen molar-refractivity contribution in [1.82, 2.24) is 15.4 Å². The zero-order valence-corrected chi connectivity index (χ0v) is 13.1. The molecular weight excluding hydrogens is 322 g/mol. The summed E-state index contributed by atoms with van der Waals surface area (Å²) >= 11 is 0. The van der Waals surface area contributed by atoms with Gasteiger partial charge in [0.05, 0.1) is 17.6 Å². The van der Waals surface area contributed by atoms with E-state index in [0.29, 0.717) is 12.0 Å². The molecule has 1 atom stereocenters. The van der Waals surface area contributed by atoms with E-state index in [9.17, 15) is 8.78 Å². The Kier molecular flexibility index (Phi) is 2.94. The number of hydrogen-bond donors (Lipinski definition) is 2. The summed E-state index contributed by atoms with van der Waals surface area (Å²) in [7, 11) is 0. The van der Waals surface area contributed by atoms with Crippen LogP contribution in [0.1, 0.15) is 34.7 Å². The number of aromatic amines is 1. The molecule has 1 aromatic heterocycles. The maximum absolute atomic E-state index is 14.3. The Hall–Kier alpha value is -3.15. The number of rotatable bonds is 1. The minimum atomic E-state index is -0.428. The van der Waals surface area contributed by atoms with Gasteiger partial charge in [-0.15, -0.1) is 0 Å². The number of halogens is 2. The maximum Gasteiger partial charge on any atom is 0.127 e. The number of fused-ring (bicyclic) bond motifs is 2. The summed E-state index contributed by atoms with van der Waals surface area (Å²) in [4.78, 5) is 7.40. The minimum Gasteiger partial charge on any atom is -0.363 e. The molecule has 0 saturated heterocycles. The van der Waals surface area contributed by atoms with Gasteiger partial charge < -0.3 is 4.98 Å². The first-order chi connectivity index (χ1) is 12.2. The van der Waals surface area contributed by atoms with Crippen LogP contribution in [0.15, 0.2) is 53.4 Å². The van der Waals surface area contributed by atoms with E-state index in [2.05, 4.69) is 21.5 Å². The van der Waals surface area contributed by atoms with Crippen molar-refractivity contribution in [2.75, 3.05) is 0 Å². The van der Waals surface area contributed by atoms with Crippen LogP contribution < -0.4 is 5.43 Å². The lowest BCUT2D eigenvalue weighted by Crippen LogP contribution is -2.36. The Morgan fingerprint density at radius 2 is 2.12 bits per heavy atom. The molecule has 3 heterocycles. The Labute approximate surface area is 142 Å². The van der Waals surface area contributed by atoms with Crippen LogP contribution in [0.3, 0.4) is 0 Å². The second kappa shape index (κ2) is 5.17. The van der Waals surface area contributed by atoms with Crippen molar-refractivity contribution in [3.63, 3.8) is 0 Å². The van der Waals surface area contributed by atoms with Gasteiger partial charge in [-0.25, -0.2) is 13.8 Å². The third-order valence-electron chi connectivity index (χ3n) is 4.83. The maximum atomic E-state index is 14.3. The van der Waals surface area contributed by atoms with Gasteiger partial charge >= 0.3 is 0 Å². The first-order valence-electron chi connectivity index (χ1n) is 8.05. The molecule has 25 heavy (non-hydrogen) atoms. The van der Waals surface area contributed by atoms with Crippen molar-refractivity contribution in [3.05, 3.63) is 82.5 Å². The fourth-order valence-electron chi connectivity index (χ4n) is 3.70. The van der Waals surface area contributed by atoms with Gasteiger partial charge in [0.1, 0.15) is 18.0 Å². The molecule has 0 fully saturated rings. The molecule has 2 N–H and O–H groups in total. The van der Waals surface area contributed by atoms with Gasteiger partial charge in [-0.05, 0) is 30.7 Å². The van der Waals surface area contributed by atoms with Crippen LogP contribution in [0.5, 0.6) is 0 Å². The molecule has 5 rings (SSSR count). The summed E-state index contributed by atoms with van der Waals surface area (Å²) in [6.07, 6.45) is 11.9. The quantitative estimate of drug-likeness (QED) is 0.830. The molecule has 6 heteroatoms. The van der Waals surface area contributed by atoms with E-state index in [-0.39, 0.29) is 11.7 Å². The molecule has 3 aliphatic rings. The molecule has 1 aromatic carbocycles. The highest BCUT2D eigenvalue weighted by Gasteiger charge is 2.32. The third-order valence-corrected chi connectivity index (χ3v) is 4.83. The summed E-state index contributed by atoms with van der Waals surface area (Å²) in [5, 5.41) is 1.95. The fourth-order valence-corrected chi connectivity index (χ4v) is 3.70. The normalized spacial score (nSPS) is 20.2. The molecular formula is C19H14F2N4. The molecule has 1 aliphatic carbocycles. The predicted molar refractivity (Wildman–Crippen MR) is 92.2 cm³/mol. The lowest BCUT2D eigenvalue weighted by Gasteiger charge is -2.32. The average molecular weight is 336 g/mol. The number of hydrazine groups is 1. The highest BCUT2D eigenvalue weighted by atomic mass is 19.1. The van der Waals surface area contributed by atoms with Crippen molar-refractivity contribution in [2.45, 2.75) is 12.3 Å². The molecule has 0 bridgehead atoms. The average Bonchev–Trinajstić information content (AvgIpc) is 2.98. The van der Waals surface area contributed by atoms with E-state index in [4.69, 9.17) is 0 Å². The van der Waals surface area contributed by atoms with E-state index in [1.165, 1.54) is 12.1 Å². The number of allylic oxidation sites excluding steroid dienone is 2. The van der Waals surface area contributed by atoms with E-state index in [1.807, 2.05) is 23.4 Å². The lowest BCUT2D eigenvalue weighted by molar-refractivity contribution is 0.448. The number of aliphatic imine (C=N–C) groups is 1. The molecule has 0 saturated carbocycles. The van der Waals surface area contributed by atoms with Crippen molar-refractivity contribution in [1.29, 1.82) is 0 Å². The second-order valence-electron chi connectivity index (χ2n) is 6.21. The molecule has 2 aliphatic heterocycles. The van der Waals surface area contributed by atoms with Crippen molar-refractivity contribution < 1.29 is 8.78 Å². The summed E-state index contributed by atoms with van der Waals surface area (Å²) in [5.74, 6) is -1.07. The van der Waals surface area contributed by atoms with Gasteiger partial charge in [0.25, 0.3) is 0 Å². The van der Waals surface area contributed by atoms with Crippen molar-refractivity contribution >= 4 is 18.1 Å². The van der Waals surface area contributed by atoms with Gasteiger partial charge in [0.2, 0.25) is 0 Å². The van der Waals surface area contributed by atoms with Crippen LogP contribution in [0.25, 0.3) is 11.8 Å². The third kappa shape index (κ3) is 2.07. The number of benzene rings is 1. The summed E-state index contributed by atoms with van der Waals surface area (Å²) < 4.78 is 28.0. The predicted octanol–water partition coefficient (Wildman–Crippen LogP) is 3.89. The Balaban J connectivity index is 1.67. The topological polar surface area (TPSA) is 43.4 Å². The molecule has 124 valence electrons. The van der Waals surface area contributed by atoms with Crippen LogP contribution in [-0.4, -0.2) is 16.3 Å². The zero-order valence-electron chi connectivity index (χ0n) is 13.1. The highest BCUT2D eigenvalue weighted by Crippen LogP contribution is 2.44. The smallest absolute Gasteiger partial charge is 0.127 e. The Morgan fingerprint density at radius 3 is 3.04 bits per heavy atom. The van der Waals surface area contributed by atoms with Crippen LogP contribution in [-0.2, 0) is 0 Å². The van der Waals surface area contributed by atoms with Crippen LogP contribution in [0.4, 0.5) is 8.78 Å². The molecule has 4 nitrogen and oxygen atoms in total. The van der Waals surface area contributed by atoms with Crippen molar-refractivity contribution in [3.8, 4) is 0 Å². The second-order valence-corrected chi connectivity index (χ2v) is 6.21. The first-order valence-corrected chi connectivity index (χ1v) is 8.05. The Bertz CT molecular complexity index is 997. The number of nitrogens with one attached hydrogen (secondary N) is 2. The number of hydrogen-bond acceptors (Lipinski definition) is 3. The van der Waals surface area contributed by atoms with Gasteiger partial charge in [0.15, 0.2) is 0 Å². The standard InChI is InChI=1S/C19H14F2N4/c20-12-2-5-16(21)15(7-12)14-4-6-17-18-11(8-23-19(14)18)1-3-13-9-22-10-24-25(13)17/h1-3,5-10,14,23H,4H2,(H,22,24). The monoisotopic (exact) mass is 336 g/mol. The van der Waals surface area contributed by atoms with Crippen LogP contribution >= 0.6 is 0 Å². The van der Waals surface area contributed by atoms with Gasteiger partial charge in [-0.1, -0.05) is 12.2 Å². The SMILES string of the molecule is Fc1ccc(F)c(C2CC=C3c4c(c[nH]c42)C=CC2=CN=CNN23)c1. The molecule has 0 amide bonds. The fraction of sp³-hybridized carbons (Fsp3) is 0.105. The summed E-state index contributed by atoms with van der Waals surface area (Å²) in [5.41, 5.74) is 8.33. The zero-order chi connectivity index (χ0) is 17.0. The Morgan fingerprint density at radius 1 is 1.20 bits per heavy atom. The van der Waals surface area contributed by atoms with Gasteiger partial charge in [-0.3, -0.25) is 10.4 Å². The van der Waals surface area contributed by atoms with Crippen molar-refractivity contribution in [2.24, 2.45) is 4.99 Å². The van der Waals surface area contributed by atoms with Gasteiger partial charge in [0, 0.05) is 34.5 Å². The lowest BCUT2D eigenvalue weighted by atomic mass is 9.84. The van der Waals surface area contributed by atoms with E-state index in [1.54, 1.807) is 12.5 Å². The molecule has 0 spiro atoms. The number of nitrogens with zero attached hydrogens (tertiary/aromatic N) is 2. The van der Waals surface area contributed by atoms with Crippen LogP contribution in [0.2, 0.25) is 0 Å². The largest absolute Gasteiger partial charge is 0.363 e. The number of aromatic nitrogens is 1. The van der Waals surface area contributed by atoms with Gasteiger partial charge in [-0.2, -0.15) is 0 Å². The van der Waals surface area contributed by atoms with E-state index >= 15 is 0 Å². The first kappa shape index (κ1) is 14.2. The molecule has 1 unspecified atom stereocenters. The summed E-state index contributed by atoms with van der Waals surface area (Å²) in [6, 6.07) is 3.62. The minimum absolute atomic E-state index is 0.249. The summed E-state index contributed by atoms with van der Waals surface area (Å²) in [6.45, 7) is 0. The van der Waals surface area contributed by atoms with E-state index in [0.717, 1.165) is 34.3 Å². The van der Waals surface area contributed by atoms with E-state index < -0.39 is 5.82 Å². The molecule has 0 radical (unpaired) electrons. The highest BCUT2D eigenvalue weighted by molar-refractivity contribution is 5.82. The van der Waals surface area contributed by atoms with Crippen LogP contribution in [0, 0.1) is 11.6 Å². The number of H-pyrrole nitrogens is 1. The molecule has 2 aromatic rings.